The minimum Gasteiger partial charge on any atom is -0.302 e. The Morgan fingerprint density at radius 1 is 1.10 bits per heavy atom. The Labute approximate surface area is 121 Å². The predicted molar refractivity (Wildman–Crippen MR) is 80.3 cm³/mol. The van der Waals surface area contributed by atoms with Gasteiger partial charge in [0.1, 0.15) is 5.78 Å². The zero-order valence-electron chi connectivity index (χ0n) is 12.7. The van der Waals surface area contributed by atoms with Crippen LogP contribution in [0, 0.1) is 20.8 Å². The molecule has 3 heteroatoms. The van der Waals surface area contributed by atoms with Gasteiger partial charge in [-0.3, -0.25) is 9.59 Å². The summed E-state index contributed by atoms with van der Waals surface area (Å²) in [5.74, 6) is 0.565. The van der Waals surface area contributed by atoms with Crippen LogP contribution in [-0.2, 0) is 4.79 Å². The largest absolute Gasteiger partial charge is 0.302 e. The van der Waals surface area contributed by atoms with Gasteiger partial charge >= 0.3 is 0 Å². The fourth-order valence-corrected chi connectivity index (χ4v) is 3.03. The normalized spacial score (nSPS) is 16.4. The quantitative estimate of drug-likeness (QED) is 0.792. The van der Waals surface area contributed by atoms with Crippen LogP contribution in [0.25, 0.3) is 0 Å². The van der Waals surface area contributed by atoms with Crippen LogP contribution >= 0.6 is 0 Å². The Morgan fingerprint density at radius 2 is 1.65 bits per heavy atom. The van der Waals surface area contributed by atoms with Crippen LogP contribution in [-0.4, -0.2) is 36.1 Å². The van der Waals surface area contributed by atoms with Crippen LogP contribution in [0.4, 0.5) is 0 Å². The lowest BCUT2D eigenvalue weighted by Gasteiger charge is -2.25. The van der Waals surface area contributed by atoms with Crippen LogP contribution in [0.15, 0.2) is 12.1 Å². The summed E-state index contributed by atoms with van der Waals surface area (Å²) in [6, 6.07) is 4.14. The molecule has 0 unspecified atom stereocenters. The average Bonchev–Trinajstić information content (AvgIpc) is 2.37. The first kappa shape index (κ1) is 14.9. The highest BCUT2D eigenvalue weighted by molar-refractivity contribution is 5.99. The summed E-state index contributed by atoms with van der Waals surface area (Å²) in [6.45, 7) is 8.44. The van der Waals surface area contributed by atoms with E-state index in [0.29, 0.717) is 25.0 Å². The summed E-state index contributed by atoms with van der Waals surface area (Å²) in [4.78, 5) is 25.8. The molecule has 0 amide bonds. The van der Waals surface area contributed by atoms with E-state index >= 15 is 0 Å². The molecule has 1 heterocycles. The van der Waals surface area contributed by atoms with Crippen LogP contribution in [0.2, 0.25) is 0 Å². The van der Waals surface area contributed by atoms with E-state index in [1.54, 1.807) is 0 Å². The number of hydrogen-bond acceptors (Lipinski definition) is 3. The molecule has 108 valence electrons. The molecule has 0 atom stereocenters. The van der Waals surface area contributed by atoms with Crippen LogP contribution < -0.4 is 0 Å². The molecule has 2 rings (SSSR count). The van der Waals surface area contributed by atoms with Crippen molar-refractivity contribution < 1.29 is 9.59 Å². The van der Waals surface area contributed by atoms with Crippen molar-refractivity contribution >= 4 is 11.6 Å². The first-order chi connectivity index (χ1) is 9.47. The third kappa shape index (κ3) is 3.54. The van der Waals surface area contributed by atoms with Crippen molar-refractivity contribution in [3.8, 4) is 0 Å². The predicted octanol–water partition coefficient (Wildman–Crippen LogP) is 2.85. The van der Waals surface area contributed by atoms with Gasteiger partial charge in [-0.2, -0.15) is 0 Å². The van der Waals surface area contributed by atoms with E-state index in [1.807, 2.05) is 13.8 Å². The topological polar surface area (TPSA) is 37.4 Å². The number of carbonyl (C=O) groups is 2. The highest BCUT2D eigenvalue weighted by Crippen LogP contribution is 2.18. The molecule has 0 spiro atoms. The van der Waals surface area contributed by atoms with E-state index in [1.165, 1.54) is 5.56 Å². The molecular formula is C17H23NO2. The van der Waals surface area contributed by atoms with Gasteiger partial charge < -0.3 is 4.90 Å². The van der Waals surface area contributed by atoms with E-state index < -0.39 is 0 Å². The Morgan fingerprint density at radius 3 is 2.20 bits per heavy atom. The maximum atomic E-state index is 12.4. The number of Topliss-reactive ketones (excluding diaryl/α,β-unsaturated/α-hetero) is 2. The van der Waals surface area contributed by atoms with Gasteiger partial charge in [0.25, 0.3) is 0 Å². The molecular weight excluding hydrogens is 250 g/mol. The van der Waals surface area contributed by atoms with E-state index in [0.717, 1.165) is 36.3 Å². The summed E-state index contributed by atoms with van der Waals surface area (Å²) in [7, 11) is 0. The smallest absolute Gasteiger partial charge is 0.164 e. The second kappa shape index (κ2) is 6.31. The van der Waals surface area contributed by atoms with Gasteiger partial charge in [-0.05, 0) is 31.9 Å². The number of ketones is 2. The summed E-state index contributed by atoms with van der Waals surface area (Å²) in [6.07, 6.45) is 1.81. The van der Waals surface area contributed by atoms with Crippen LogP contribution in [0.5, 0.6) is 0 Å². The van der Waals surface area contributed by atoms with Crippen LogP contribution in [0.3, 0.4) is 0 Å². The molecule has 1 saturated heterocycles. The van der Waals surface area contributed by atoms with Gasteiger partial charge in [0, 0.05) is 44.5 Å². The Bertz CT molecular complexity index is 501. The third-order valence-electron chi connectivity index (χ3n) is 4.02. The van der Waals surface area contributed by atoms with Crippen molar-refractivity contribution in [2.45, 2.75) is 40.0 Å². The lowest BCUT2D eigenvalue weighted by molar-refractivity contribution is -0.121. The number of aryl methyl sites for hydroxylation is 3. The first-order valence-electron chi connectivity index (χ1n) is 7.32. The molecule has 0 radical (unpaired) electrons. The molecule has 0 saturated carbocycles. The molecule has 0 N–H and O–H groups in total. The summed E-state index contributed by atoms with van der Waals surface area (Å²) in [5.41, 5.74) is 4.22. The average molecular weight is 273 g/mol. The van der Waals surface area contributed by atoms with Crippen molar-refractivity contribution in [1.29, 1.82) is 0 Å². The van der Waals surface area contributed by atoms with Crippen LogP contribution in [0.1, 0.15) is 46.3 Å². The summed E-state index contributed by atoms with van der Waals surface area (Å²) >= 11 is 0. The van der Waals surface area contributed by atoms with Gasteiger partial charge in [0.2, 0.25) is 0 Å². The molecule has 1 aliphatic heterocycles. The number of likely N-dealkylation sites (tertiary alicyclic amines) is 1. The SMILES string of the molecule is Cc1cc(C)c(C(=O)CCN2CCC(=O)CC2)c(C)c1. The molecule has 20 heavy (non-hydrogen) atoms. The van der Waals surface area contributed by atoms with E-state index in [2.05, 4.69) is 24.0 Å². The molecule has 1 aliphatic rings. The number of benzene rings is 1. The van der Waals surface area contributed by atoms with E-state index in [4.69, 9.17) is 0 Å². The number of piperidine rings is 1. The zero-order valence-corrected chi connectivity index (χ0v) is 12.7. The fraction of sp³-hybridized carbons (Fsp3) is 0.529. The molecule has 1 aromatic carbocycles. The van der Waals surface area contributed by atoms with Crippen molar-refractivity contribution in [1.82, 2.24) is 4.90 Å². The summed E-state index contributed by atoms with van der Waals surface area (Å²) < 4.78 is 0. The van der Waals surface area contributed by atoms with Crippen molar-refractivity contribution in [3.05, 3.63) is 34.4 Å². The van der Waals surface area contributed by atoms with E-state index in [-0.39, 0.29) is 5.78 Å². The lowest BCUT2D eigenvalue weighted by atomic mass is 9.95. The standard InChI is InChI=1S/C17H23NO2/c1-12-10-13(2)17(14(3)11-12)16(20)6-9-18-7-4-15(19)5-8-18/h10-11H,4-9H2,1-3H3. The molecule has 0 aromatic heterocycles. The highest BCUT2D eigenvalue weighted by atomic mass is 16.1. The van der Waals surface area contributed by atoms with E-state index in [9.17, 15) is 9.59 Å². The maximum absolute atomic E-state index is 12.4. The third-order valence-corrected chi connectivity index (χ3v) is 4.02. The number of rotatable bonds is 4. The van der Waals surface area contributed by atoms with Gasteiger partial charge in [-0.25, -0.2) is 0 Å². The second-order valence-corrected chi connectivity index (χ2v) is 5.83. The maximum Gasteiger partial charge on any atom is 0.164 e. The highest BCUT2D eigenvalue weighted by Gasteiger charge is 2.18. The fourth-order valence-electron chi connectivity index (χ4n) is 3.03. The second-order valence-electron chi connectivity index (χ2n) is 5.83. The van der Waals surface area contributed by atoms with Gasteiger partial charge in [-0.15, -0.1) is 0 Å². The minimum absolute atomic E-state index is 0.219. The number of hydrogen-bond donors (Lipinski definition) is 0. The molecule has 0 bridgehead atoms. The van der Waals surface area contributed by atoms with Crippen molar-refractivity contribution in [2.24, 2.45) is 0 Å². The Kier molecular flexibility index (Phi) is 4.71. The molecule has 1 fully saturated rings. The first-order valence-corrected chi connectivity index (χ1v) is 7.32. The summed E-state index contributed by atoms with van der Waals surface area (Å²) in [5, 5.41) is 0. The van der Waals surface area contributed by atoms with Crippen molar-refractivity contribution in [2.75, 3.05) is 19.6 Å². The molecule has 1 aromatic rings. The van der Waals surface area contributed by atoms with Gasteiger partial charge in [-0.1, -0.05) is 17.7 Å². The Balaban J connectivity index is 1.97. The van der Waals surface area contributed by atoms with Gasteiger partial charge in [0.05, 0.1) is 0 Å². The molecule has 3 nitrogen and oxygen atoms in total. The number of nitrogens with zero attached hydrogens (tertiary/aromatic N) is 1. The Hall–Kier alpha value is -1.48. The minimum atomic E-state index is 0.219. The van der Waals surface area contributed by atoms with Crippen molar-refractivity contribution in [3.63, 3.8) is 0 Å². The molecule has 0 aliphatic carbocycles. The monoisotopic (exact) mass is 273 g/mol. The zero-order chi connectivity index (χ0) is 14.7. The lowest BCUT2D eigenvalue weighted by Crippen LogP contribution is -2.35. The number of carbonyl (C=O) groups excluding carboxylic acids is 2. The van der Waals surface area contributed by atoms with Gasteiger partial charge in [0.15, 0.2) is 5.78 Å².